The number of nitrogens with zero attached hydrogens (tertiary/aromatic N) is 1. The number of hydrogen-bond donors (Lipinski definition) is 1. The molecule has 0 aromatic carbocycles. The lowest BCUT2D eigenvalue weighted by molar-refractivity contribution is -0.157. The normalized spacial score (nSPS) is 21.3. The van der Waals surface area contributed by atoms with Crippen molar-refractivity contribution in [2.75, 3.05) is 19.3 Å². The third kappa shape index (κ3) is 4.36. The van der Waals surface area contributed by atoms with Crippen LogP contribution in [-0.2, 0) is 0 Å². The molecule has 0 aromatic rings. The number of thioether (sulfide) groups is 1. The summed E-state index contributed by atoms with van der Waals surface area (Å²) in [7, 11) is 0. The van der Waals surface area contributed by atoms with Crippen molar-refractivity contribution in [1.29, 1.82) is 5.26 Å². The Labute approximate surface area is 110 Å². The number of nitriles is 1. The Hall–Kier alpha value is -0.410. The SMILES string of the molecule is CSC1(CNCC(C#N)C(F)(F)F)CCCCC1. The zero-order valence-electron chi connectivity index (χ0n) is 10.5. The first-order chi connectivity index (χ1) is 8.43. The molecule has 18 heavy (non-hydrogen) atoms. The molecular weight excluding hydrogens is 261 g/mol. The highest BCUT2D eigenvalue weighted by Crippen LogP contribution is 2.38. The van der Waals surface area contributed by atoms with Gasteiger partial charge in [-0.1, -0.05) is 19.3 Å². The molecule has 2 nitrogen and oxygen atoms in total. The number of hydrogen-bond acceptors (Lipinski definition) is 3. The molecule has 104 valence electrons. The van der Waals surface area contributed by atoms with Crippen molar-refractivity contribution in [2.24, 2.45) is 5.92 Å². The van der Waals surface area contributed by atoms with Gasteiger partial charge in [-0.15, -0.1) is 0 Å². The summed E-state index contributed by atoms with van der Waals surface area (Å²) < 4.78 is 37.2. The molecule has 1 rings (SSSR count). The molecular formula is C12H19F3N2S. The van der Waals surface area contributed by atoms with Gasteiger partial charge >= 0.3 is 6.18 Å². The largest absolute Gasteiger partial charge is 0.405 e. The molecule has 1 N–H and O–H groups in total. The van der Waals surface area contributed by atoms with Gasteiger partial charge in [0.05, 0.1) is 6.07 Å². The fourth-order valence-corrected chi connectivity index (χ4v) is 3.27. The zero-order valence-corrected chi connectivity index (χ0v) is 11.3. The van der Waals surface area contributed by atoms with E-state index in [2.05, 4.69) is 5.32 Å². The van der Waals surface area contributed by atoms with E-state index in [1.54, 1.807) is 11.8 Å². The van der Waals surface area contributed by atoms with Crippen molar-refractivity contribution < 1.29 is 13.2 Å². The van der Waals surface area contributed by atoms with Crippen LogP contribution in [-0.4, -0.2) is 30.3 Å². The smallest absolute Gasteiger partial charge is 0.314 e. The van der Waals surface area contributed by atoms with E-state index < -0.39 is 12.1 Å². The van der Waals surface area contributed by atoms with Crippen LogP contribution in [0, 0.1) is 17.2 Å². The molecule has 0 aliphatic heterocycles. The van der Waals surface area contributed by atoms with Crippen LogP contribution in [0.3, 0.4) is 0 Å². The van der Waals surface area contributed by atoms with Crippen molar-refractivity contribution in [2.45, 2.75) is 43.0 Å². The van der Waals surface area contributed by atoms with Crippen LogP contribution in [0.5, 0.6) is 0 Å². The molecule has 1 fully saturated rings. The Morgan fingerprint density at radius 3 is 2.39 bits per heavy atom. The van der Waals surface area contributed by atoms with Crippen molar-refractivity contribution in [3.8, 4) is 6.07 Å². The highest BCUT2D eigenvalue weighted by atomic mass is 32.2. The summed E-state index contributed by atoms with van der Waals surface area (Å²) in [4.78, 5) is 0. The Balaban J connectivity index is 2.42. The molecule has 1 saturated carbocycles. The second-order valence-corrected chi connectivity index (χ2v) is 6.08. The summed E-state index contributed by atoms with van der Waals surface area (Å²) in [5.74, 6) is -1.90. The van der Waals surface area contributed by atoms with Crippen molar-refractivity contribution in [1.82, 2.24) is 5.32 Å². The maximum Gasteiger partial charge on any atom is 0.405 e. The lowest BCUT2D eigenvalue weighted by Gasteiger charge is -2.36. The van der Waals surface area contributed by atoms with Crippen LogP contribution >= 0.6 is 11.8 Å². The van der Waals surface area contributed by atoms with Gasteiger partial charge < -0.3 is 5.32 Å². The Morgan fingerprint density at radius 2 is 1.94 bits per heavy atom. The van der Waals surface area contributed by atoms with Gasteiger partial charge in [0.2, 0.25) is 0 Å². The molecule has 1 aliphatic rings. The minimum atomic E-state index is -4.43. The minimum Gasteiger partial charge on any atom is -0.314 e. The summed E-state index contributed by atoms with van der Waals surface area (Å²) in [6.07, 6.45) is 3.17. The summed E-state index contributed by atoms with van der Waals surface area (Å²) in [6, 6.07) is 1.32. The van der Waals surface area contributed by atoms with E-state index in [1.165, 1.54) is 12.5 Å². The summed E-state index contributed by atoms with van der Waals surface area (Å²) in [5.41, 5.74) is 0. The Bertz CT molecular complexity index is 293. The number of rotatable bonds is 5. The predicted molar refractivity (Wildman–Crippen MR) is 67.4 cm³/mol. The van der Waals surface area contributed by atoms with Gasteiger partial charge in [0.1, 0.15) is 0 Å². The average Bonchev–Trinajstić information content (AvgIpc) is 2.34. The van der Waals surface area contributed by atoms with E-state index in [1.807, 2.05) is 6.26 Å². The fourth-order valence-electron chi connectivity index (χ4n) is 2.33. The van der Waals surface area contributed by atoms with Crippen LogP contribution in [0.1, 0.15) is 32.1 Å². The van der Waals surface area contributed by atoms with E-state index in [-0.39, 0.29) is 11.3 Å². The van der Waals surface area contributed by atoms with E-state index >= 15 is 0 Å². The summed E-state index contributed by atoms with van der Waals surface area (Å²) in [5, 5.41) is 11.3. The minimum absolute atomic E-state index is 0.0594. The van der Waals surface area contributed by atoms with E-state index in [9.17, 15) is 13.2 Å². The number of nitrogens with one attached hydrogen (secondary N) is 1. The van der Waals surface area contributed by atoms with Crippen molar-refractivity contribution >= 4 is 11.8 Å². The monoisotopic (exact) mass is 280 g/mol. The first kappa shape index (κ1) is 15.6. The van der Waals surface area contributed by atoms with Crippen LogP contribution < -0.4 is 5.32 Å². The highest BCUT2D eigenvalue weighted by molar-refractivity contribution is 8.00. The third-order valence-electron chi connectivity index (χ3n) is 3.54. The zero-order chi connectivity index (χ0) is 13.6. The first-order valence-corrected chi connectivity index (χ1v) is 7.38. The van der Waals surface area contributed by atoms with Gasteiger partial charge in [-0.25, -0.2) is 0 Å². The molecule has 0 radical (unpaired) electrons. The Morgan fingerprint density at radius 1 is 1.33 bits per heavy atom. The lowest BCUT2D eigenvalue weighted by atomic mass is 9.88. The molecule has 0 bridgehead atoms. The molecule has 0 spiro atoms. The van der Waals surface area contributed by atoms with Crippen molar-refractivity contribution in [3.63, 3.8) is 0 Å². The average molecular weight is 280 g/mol. The molecule has 1 atom stereocenters. The molecule has 0 heterocycles. The summed E-state index contributed by atoms with van der Waals surface area (Å²) >= 11 is 1.73. The topological polar surface area (TPSA) is 35.8 Å². The third-order valence-corrected chi connectivity index (χ3v) is 4.96. The molecule has 0 aromatic heterocycles. The highest BCUT2D eigenvalue weighted by Gasteiger charge is 2.40. The molecule has 0 saturated heterocycles. The van der Waals surface area contributed by atoms with E-state index in [0.717, 1.165) is 25.7 Å². The van der Waals surface area contributed by atoms with E-state index in [4.69, 9.17) is 5.26 Å². The van der Waals surface area contributed by atoms with Gasteiger partial charge in [0, 0.05) is 17.8 Å². The van der Waals surface area contributed by atoms with E-state index in [0.29, 0.717) is 6.54 Å². The van der Waals surface area contributed by atoms with Gasteiger partial charge in [-0.3, -0.25) is 0 Å². The standard InChI is InChI=1S/C12H19F3N2S/c1-18-11(5-3-2-4-6-11)9-17-8-10(7-16)12(13,14)15/h10,17H,2-6,8-9H2,1H3. The maximum absolute atomic E-state index is 12.4. The van der Waals surface area contributed by atoms with Crippen LogP contribution in [0.4, 0.5) is 13.2 Å². The van der Waals surface area contributed by atoms with Gasteiger partial charge in [0.25, 0.3) is 0 Å². The fraction of sp³-hybridized carbons (Fsp3) is 0.917. The maximum atomic E-state index is 12.4. The molecule has 1 unspecified atom stereocenters. The van der Waals surface area contributed by atoms with Gasteiger partial charge in [-0.05, 0) is 19.1 Å². The van der Waals surface area contributed by atoms with Gasteiger partial charge in [-0.2, -0.15) is 30.2 Å². The number of halogens is 3. The molecule has 0 amide bonds. The first-order valence-electron chi connectivity index (χ1n) is 6.16. The van der Waals surface area contributed by atoms with Crippen molar-refractivity contribution in [3.05, 3.63) is 0 Å². The van der Waals surface area contributed by atoms with Crippen LogP contribution in [0.2, 0.25) is 0 Å². The number of alkyl halides is 3. The van der Waals surface area contributed by atoms with Gasteiger partial charge in [0.15, 0.2) is 5.92 Å². The predicted octanol–water partition coefficient (Wildman–Crippen LogP) is 3.34. The second-order valence-electron chi connectivity index (χ2n) is 4.80. The van der Waals surface area contributed by atoms with Crippen LogP contribution in [0.25, 0.3) is 0 Å². The lowest BCUT2D eigenvalue weighted by Crippen LogP contribution is -2.42. The molecule has 6 heteroatoms. The summed E-state index contributed by atoms with van der Waals surface area (Å²) in [6.45, 7) is 0.255. The van der Waals surface area contributed by atoms with Crippen LogP contribution in [0.15, 0.2) is 0 Å². The Kier molecular flexibility index (Phi) is 5.80. The second kappa shape index (κ2) is 6.67. The molecule has 1 aliphatic carbocycles. The quantitative estimate of drug-likeness (QED) is 0.839.